The Balaban J connectivity index is 4.67. The van der Waals surface area contributed by atoms with E-state index in [9.17, 15) is 24.5 Å². The number of amides is 1. The summed E-state index contributed by atoms with van der Waals surface area (Å²) < 4.78 is 23.4. The van der Waals surface area contributed by atoms with Gasteiger partial charge >= 0.3 is 7.82 Å². The fourth-order valence-electron chi connectivity index (χ4n) is 5.43. The number of unbranched alkanes of at least 4 members (excludes halogenated alkanes) is 18. The van der Waals surface area contributed by atoms with Crippen LogP contribution in [-0.4, -0.2) is 84.6 Å². The number of quaternary nitrogens is 1. The highest BCUT2D eigenvalue weighted by Gasteiger charge is 2.31. The Hall–Kier alpha value is -0.800. The Bertz CT molecular complexity index is 806. The van der Waals surface area contributed by atoms with Crippen LogP contribution in [0.3, 0.4) is 0 Å². The maximum atomic E-state index is 12.8. The number of rotatable bonds is 34. The summed E-state index contributed by atoms with van der Waals surface area (Å²) in [6.45, 7) is 4.54. The molecule has 0 aliphatic rings. The molecule has 0 heterocycles. The van der Waals surface area contributed by atoms with E-state index in [2.05, 4.69) is 31.3 Å². The SMILES string of the molecule is CCCCCCCCC/C=C/CCCC(O)C(O)C(COP(=O)(O)OCC[N+](C)(C)C)NC(=O)CCCCCCCCCCCCC. The van der Waals surface area contributed by atoms with Crippen LogP contribution in [0.25, 0.3) is 0 Å². The van der Waals surface area contributed by atoms with Gasteiger partial charge in [-0.3, -0.25) is 13.8 Å². The van der Waals surface area contributed by atoms with Crippen LogP contribution in [0, 0.1) is 0 Å². The third-order valence-corrected chi connectivity index (χ3v) is 9.59. The van der Waals surface area contributed by atoms with Crippen LogP contribution >= 0.6 is 7.82 Å². The predicted octanol–water partition coefficient (Wildman–Crippen LogP) is 8.60. The second-order valence-electron chi connectivity index (χ2n) is 14.4. The number of hydrogen-bond acceptors (Lipinski definition) is 6. The van der Waals surface area contributed by atoms with E-state index in [0.717, 1.165) is 32.1 Å². The highest BCUT2D eigenvalue weighted by molar-refractivity contribution is 7.47. The van der Waals surface area contributed by atoms with E-state index in [0.29, 0.717) is 23.9 Å². The monoisotopic (exact) mass is 692 g/mol. The number of nitrogens with zero attached hydrogens (tertiary/aromatic N) is 1. The first kappa shape index (κ1) is 46.2. The maximum absolute atomic E-state index is 12.8. The van der Waals surface area contributed by atoms with Crippen molar-refractivity contribution in [2.24, 2.45) is 0 Å². The molecule has 0 aliphatic carbocycles. The van der Waals surface area contributed by atoms with Gasteiger partial charge < -0.3 is 24.9 Å². The van der Waals surface area contributed by atoms with E-state index >= 15 is 0 Å². The van der Waals surface area contributed by atoms with Crippen molar-refractivity contribution < 1.29 is 38.0 Å². The average Bonchev–Trinajstić information content (AvgIpc) is 3.01. The van der Waals surface area contributed by atoms with Gasteiger partial charge in [-0.25, -0.2) is 4.57 Å². The zero-order chi connectivity index (χ0) is 35.2. The van der Waals surface area contributed by atoms with E-state index in [1.165, 1.54) is 96.3 Å². The number of hydrogen-bond donors (Lipinski definition) is 4. The summed E-state index contributed by atoms with van der Waals surface area (Å²) in [7, 11) is 1.42. The maximum Gasteiger partial charge on any atom is 0.472 e. The van der Waals surface area contributed by atoms with E-state index in [-0.39, 0.29) is 18.9 Å². The number of allylic oxidation sites excluding steroid dienone is 2. The van der Waals surface area contributed by atoms with Crippen molar-refractivity contribution in [2.75, 3.05) is 40.9 Å². The molecule has 4 N–H and O–H groups in total. The molecule has 0 aromatic carbocycles. The summed E-state index contributed by atoms with van der Waals surface area (Å²) in [5.41, 5.74) is 0. The molecule has 9 nitrogen and oxygen atoms in total. The van der Waals surface area contributed by atoms with Crippen molar-refractivity contribution in [1.29, 1.82) is 0 Å². The molecular weight excluding hydrogens is 615 g/mol. The van der Waals surface area contributed by atoms with Crippen molar-refractivity contribution >= 4 is 13.7 Å². The van der Waals surface area contributed by atoms with Crippen molar-refractivity contribution in [3.8, 4) is 0 Å². The van der Waals surface area contributed by atoms with Crippen LogP contribution in [0.2, 0.25) is 0 Å². The van der Waals surface area contributed by atoms with Gasteiger partial charge in [0.15, 0.2) is 0 Å². The second-order valence-corrected chi connectivity index (χ2v) is 15.9. The minimum absolute atomic E-state index is 0.0187. The Kier molecular flexibility index (Phi) is 29.5. The Labute approximate surface area is 289 Å². The number of carbonyl (C=O) groups excluding carboxylic acids is 1. The Morgan fingerprint density at radius 2 is 1.19 bits per heavy atom. The zero-order valence-corrected chi connectivity index (χ0v) is 32.0. The first-order chi connectivity index (χ1) is 22.4. The molecule has 0 bridgehead atoms. The van der Waals surface area contributed by atoms with E-state index in [1.807, 2.05) is 21.1 Å². The lowest BCUT2D eigenvalue weighted by atomic mass is 10.0. The summed E-state index contributed by atoms with van der Waals surface area (Å²) in [5.74, 6) is -0.271. The van der Waals surface area contributed by atoms with E-state index in [1.54, 1.807) is 0 Å². The van der Waals surface area contributed by atoms with Gasteiger partial charge in [-0.15, -0.1) is 0 Å². The first-order valence-electron chi connectivity index (χ1n) is 19.1. The summed E-state index contributed by atoms with van der Waals surface area (Å²) in [5, 5.41) is 24.5. The molecule has 47 heavy (non-hydrogen) atoms. The van der Waals surface area contributed by atoms with Crippen LogP contribution in [0.4, 0.5) is 0 Å². The number of likely N-dealkylation sites (N-methyl/N-ethyl adjacent to an activating group) is 1. The number of aliphatic hydroxyl groups excluding tert-OH is 2. The van der Waals surface area contributed by atoms with Gasteiger partial charge in [0.1, 0.15) is 19.3 Å². The molecule has 4 unspecified atom stereocenters. The standard InChI is InChI=1S/C37H75N2O7P/c1-6-8-10-12-14-16-18-20-21-23-25-27-29-35(40)37(42)34(33-46-47(43,44)45-32-31-39(3,4)5)38-36(41)30-28-26-24-22-19-17-15-13-11-9-7-2/h21,23,34-35,37,40,42H,6-20,22,24-33H2,1-5H3,(H-,38,41,43,44)/p+1/b23-21+. The summed E-state index contributed by atoms with van der Waals surface area (Å²) >= 11 is 0. The average molecular weight is 692 g/mol. The molecule has 0 aromatic rings. The van der Waals surface area contributed by atoms with Crippen LogP contribution in [0.15, 0.2) is 12.2 Å². The molecule has 1 amide bonds. The van der Waals surface area contributed by atoms with Crippen molar-refractivity contribution in [3.05, 3.63) is 12.2 Å². The number of phosphoric ester groups is 1. The largest absolute Gasteiger partial charge is 0.472 e. The van der Waals surface area contributed by atoms with Crippen LogP contribution in [0.5, 0.6) is 0 Å². The molecule has 10 heteroatoms. The van der Waals surface area contributed by atoms with Crippen molar-refractivity contribution in [1.82, 2.24) is 5.32 Å². The first-order valence-corrected chi connectivity index (χ1v) is 20.6. The minimum atomic E-state index is -4.41. The Morgan fingerprint density at radius 3 is 1.70 bits per heavy atom. The lowest BCUT2D eigenvalue weighted by Gasteiger charge is -2.28. The fourth-order valence-corrected chi connectivity index (χ4v) is 6.17. The minimum Gasteiger partial charge on any atom is -0.390 e. The summed E-state index contributed by atoms with van der Waals surface area (Å²) in [6, 6.07) is -1.04. The number of carbonyl (C=O) groups is 1. The van der Waals surface area contributed by atoms with Gasteiger partial charge in [0.25, 0.3) is 0 Å². The molecule has 0 saturated carbocycles. The molecule has 4 atom stereocenters. The molecule has 0 saturated heterocycles. The number of aliphatic hydroxyl groups is 2. The van der Waals surface area contributed by atoms with Gasteiger partial charge in [-0.05, 0) is 38.5 Å². The molecule has 0 rings (SSSR count). The van der Waals surface area contributed by atoms with Gasteiger partial charge in [-0.1, -0.05) is 129 Å². The lowest BCUT2D eigenvalue weighted by molar-refractivity contribution is -0.870. The van der Waals surface area contributed by atoms with Crippen LogP contribution in [0.1, 0.15) is 162 Å². The third kappa shape index (κ3) is 31.0. The molecule has 0 aliphatic heterocycles. The van der Waals surface area contributed by atoms with Crippen molar-refractivity contribution in [2.45, 2.75) is 180 Å². The lowest BCUT2D eigenvalue weighted by Crippen LogP contribution is -2.51. The number of phosphoric acid groups is 1. The molecule has 0 spiro atoms. The second kappa shape index (κ2) is 30.1. The fraction of sp³-hybridized carbons (Fsp3) is 0.919. The predicted molar refractivity (Wildman–Crippen MR) is 195 cm³/mol. The summed E-state index contributed by atoms with van der Waals surface area (Å²) in [6.07, 6.45) is 27.0. The van der Waals surface area contributed by atoms with Gasteiger partial charge in [0.05, 0.1) is 39.9 Å². The number of nitrogens with one attached hydrogen (secondary N) is 1. The van der Waals surface area contributed by atoms with E-state index in [4.69, 9.17) is 9.05 Å². The smallest absolute Gasteiger partial charge is 0.390 e. The molecule has 0 radical (unpaired) electrons. The molecule has 0 aromatic heterocycles. The Morgan fingerprint density at radius 1 is 0.723 bits per heavy atom. The zero-order valence-electron chi connectivity index (χ0n) is 31.1. The third-order valence-electron chi connectivity index (χ3n) is 8.61. The van der Waals surface area contributed by atoms with E-state index < -0.39 is 32.7 Å². The molecule has 0 fully saturated rings. The summed E-state index contributed by atoms with van der Waals surface area (Å²) in [4.78, 5) is 23.0. The van der Waals surface area contributed by atoms with Gasteiger partial charge in [-0.2, -0.15) is 0 Å². The normalized spacial score (nSPS) is 15.5. The highest BCUT2D eigenvalue weighted by atomic mass is 31.2. The quantitative estimate of drug-likeness (QED) is 0.0231. The van der Waals surface area contributed by atoms with Gasteiger partial charge in [0, 0.05) is 6.42 Å². The molecular formula is C37H76N2O7P+. The topological polar surface area (TPSA) is 125 Å². The van der Waals surface area contributed by atoms with Crippen LogP contribution < -0.4 is 5.32 Å². The molecule has 280 valence electrons. The van der Waals surface area contributed by atoms with Crippen LogP contribution in [-0.2, 0) is 18.4 Å². The highest BCUT2D eigenvalue weighted by Crippen LogP contribution is 2.43. The van der Waals surface area contributed by atoms with Crippen molar-refractivity contribution in [3.63, 3.8) is 0 Å². The van der Waals surface area contributed by atoms with Gasteiger partial charge in [0.2, 0.25) is 5.91 Å².